The highest BCUT2D eigenvalue weighted by molar-refractivity contribution is 5.76. The Kier molecular flexibility index (Phi) is 65.4. The van der Waals surface area contributed by atoms with E-state index in [-0.39, 0.29) is 18.5 Å². The van der Waals surface area contributed by atoms with E-state index >= 15 is 0 Å². The summed E-state index contributed by atoms with van der Waals surface area (Å²) in [6.07, 6.45) is 80.0. The number of aliphatic hydroxyl groups is 2. The van der Waals surface area contributed by atoms with Crippen LogP contribution in [0, 0.1) is 0 Å². The summed E-state index contributed by atoms with van der Waals surface area (Å²) in [7, 11) is 0. The lowest BCUT2D eigenvalue weighted by molar-refractivity contribution is -0.143. The Morgan fingerprint density at radius 3 is 0.803 bits per heavy atom. The van der Waals surface area contributed by atoms with Crippen molar-refractivity contribution in [3.63, 3.8) is 0 Å². The van der Waals surface area contributed by atoms with Gasteiger partial charge in [0.05, 0.1) is 25.4 Å². The first-order valence-electron chi connectivity index (χ1n) is 35.3. The van der Waals surface area contributed by atoms with E-state index in [4.69, 9.17) is 4.74 Å². The average Bonchev–Trinajstić information content (AvgIpc) is 3.42. The van der Waals surface area contributed by atoms with E-state index in [0.717, 1.165) is 38.5 Å². The van der Waals surface area contributed by atoms with Crippen LogP contribution in [0.4, 0.5) is 0 Å². The summed E-state index contributed by atoms with van der Waals surface area (Å²) in [5.41, 5.74) is 0. The number of hydrogen-bond donors (Lipinski definition) is 3. The first-order valence-corrected chi connectivity index (χ1v) is 35.3. The number of aliphatic hydroxyl groups excluding tert-OH is 2. The third-order valence-electron chi connectivity index (χ3n) is 16.9. The van der Waals surface area contributed by atoms with Gasteiger partial charge >= 0.3 is 5.97 Å². The quantitative estimate of drug-likeness (QED) is 0.0417. The Morgan fingerprint density at radius 1 is 0.316 bits per heavy atom. The summed E-state index contributed by atoms with van der Waals surface area (Å²) >= 11 is 0. The molecule has 2 unspecified atom stereocenters. The third-order valence-corrected chi connectivity index (χ3v) is 16.9. The minimum atomic E-state index is -0.664. The number of rotatable bonds is 67. The molecule has 76 heavy (non-hydrogen) atoms. The topological polar surface area (TPSA) is 95.9 Å². The van der Waals surface area contributed by atoms with Crippen molar-refractivity contribution >= 4 is 11.9 Å². The number of ether oxygens (including phenoxy) is 1. The molecule has 6 heteroatoms. The fraction of sp³-hybridized carbons (Fsp3) is 0.971. The molecule has 0 saturated heterocycles. The maximum atomic E-state index is 12.5. The average molecular weight is 1070 g/mol. The zero-order valence-corrected chi connectivity index (χ0v) is 52.0. The maximum Gasteiger partial charge on any atom is 0.305 e. The second-order valence-electron chi connectivity index (χ2n) is 24.6. The standard InChI is InChI=1S/C70H139NO5/c1-3-5-7-9-11-13-15-17-19-20-21-25-28-31-35-38-42-46-50-54-58-62-68(73)67(66-72)71-69(74)63-59-55-51-47-43-39-36-32-29-26-23-22-24-27-30-33-37-41-45-49-53-57-61-65-76-70(75)64-60-56-52-48-44-40-34-18-16-14-12-10-8-6-4-2/h67-68,72-73H,3-66H2,1-2H3,(H,71,74). The summed E-state index contributed by atoms with van der Waals surface area (Å²) in [6.45, 7) is 5.01. The van der Waals surface area contributed by atoms with Crippen molar-refractivity contribution in [2.75, 3.05) is 13.2 Å². The van der Waals surface area contributed by atoms with Crippen LogP contribution in [0.5, 0.6) is 0 Å². The van der Waals surface area contributed by atoms with E-state index in [9.17, 15) is 19.8 Å². The molecule has 0 saturated carbocycles. The van der Waals surface area contributed by atoms with Gasteiger partial charge in [0, 0.05) is 12.8 Å². The van der Waals surface area contributed by atoms with E-state index < -0.39 is 12.1 Å². The monoisotopic (exact) mass is 1070 g/mol. The molecule has 0 spiro atoms. The van der Waals surface area contributed by atoms with Gasteiger partial charge in [-0.15, -0.1) is 0 Å². The van der Waals surface area contributed by atoms with Crippen molar-refractivity contribution in [2.24, 2.45) is 0 Å². The van der Waals surface area contributed by atoms with Gasteiger partial charge < -0.3 is 20.3 Å². The van der Waals surface area contributed by atoms with E-state index in [1.807, 2.05) is 0 Å². The molecule has 0 aliphatic rings. The minimum absolute atomic E-state index is 0.0189. The predicted molar refractivity (Wildman–Crippen MR) is 334 cm³/mol. The van der Waals surface area contributed by atoms with Crippen molar-refractivity contribution in [3.05, 3.63) is 0 Å². The van der Waals surface area contributed by atoms with Gasteiger partial charge in [0.25, 0.3) is 0 Å². The number of carbonyl (C=O) groups excluding carboxylic acids is 2. The summed E-state index contributed by atoms with van der Waals surface area (Å²) in [4.78, 5) is 24.6. The van der Waals surface area contributed by atoms with Crippen LogP contribution in [0.25, 0.3) is 0 Å². The van der Waals surface area contributed by atoms with E-state index in [2.05, 4.69) is 19.2 Å². The fourth-order valence-corrected chi connectivity index (χ4v) is 11.5. The molecule has 0 heterocycles. The van der Waals surface area contributed by atoms with Crippen molar-refractivity contribution in [1.82, 2.24) is 5.32 Å². The zero-order chi connectivity index (χ0) is 55.0. The fourth-order valence-electron chi connectivity index (χ4n) is 11.5. The van der Waals surface area contributed by atoms with Gasteiger partial charge in [0.15, 0.2) is 0 Å². The Balaban J connectivity index is 3.36. The van der Waals surface area contributed by atoms with Gasteiger partial charge in [-0.3, -0.25) is 9.59 Å². The Bertz CT molecular complexity index is 1100. The lowest BCUT2D eigenvalue weighted by atomic mass is 10.0. The molecule has 1 amide bonds. The van der Waals surface area contributed by atoms with Crippen LogP contribution >= 0.6 is 0 Å². The predicted octanol–water partition coefficient (Wildman–Crippen LogP) is 22.6. The van der Waals surface area contributed by atoms with Crippen LogP contribution in [-0.4, -0.2) is 47.4 Å². The van der Waals surface area contributed by atoms with Crippen LogP contribution in [0.2, 0.25) is 0 Å². The van der Waals surface area contributed by atoms with Crippen molar-refractivity contribution in [2.45, 2.75) is 424 Å². The number of nitrogens with one attached hydrogen (secondary N) is 1. The molecule has 0 aliphatic heterocycles. The summed E-state index contributed by atoms with van der Waals surface area (Å²) in [5, 5.41) is 23.4. The molecule has 6 nitrogen and oxygen atoms in total. The van der Waals surface area contributed by atoms with Crippen LogP contribution in [0.15, 0.2) is 0 Å². The first kappa shape index (κ1) is 74.9. The molecule has 0 aromatic heterocycles. The van der Waals surface area contributed by atoms with E-state index in [0.29, 0.717) is 25.9 Å². The van der Waals surface area contributed by atoms with Crippen LogP contribution in [0.1, 0.15) is 412 Å². The van der Waals surface area contributed by atoms with Gasteiger partial charge in [-0.05, 0) is 25.7 Å². The second-order valence-corrected chi connectivity index (χ2v) is 24.6. The number of carbonyl (C=O) groups is 2. The largest absolute Gasteiger partial charge is 0.466 e. The highest BCUT2D eigenvalue weighted by atomic mass is 16.5. The molecule has 0 bridgehead atoms. The highest BCUT2D eigenvalue weighted by Crippen LogP contribution is 2.20. The van der Waals surface area contributed by atoms with Crippen LogP contribution in [0.3, 0.4) is 0 Å². The van der Waals surface area contributed by atoms with E-state index in [1.54, 1.807) is 0 Å². The van der Waals surface area contributed by atoms with Crippen molar-refractivity contribution in [3.8, 4) is 0 Å². The molecule has 3 N–H and O–H groups in total. The number of hydrogen-bond acceptors (Lipinski definition) is 5. The second kappa shape index (κ2) is 66.4. The maximum absolute atomic E-state index is 12.5. The van der Waals surface area contributed by atoms with Crippen molar-refractivity contribution < 1.29 is 24.5 Å². The van der Waals surface area contributed by atoms with E-state index in [1.165, 1.54) is 340 Å². The van der Waals surface area contributed by atoms with Gasteiger partial charge in [-0.2, -0.15) is 0 Å². The van der Waals surface area contributed by atoms with Crippen LogP contribution in [-0.2, 0) is 14.3 Å². The number of esters is 1. The molecule has 0 fully saturated rings. The van der Waals surface area contributed by atoms with Gasteiger partial charge in [-0.1, -0.05) is 373 Å². The molecule has 0 aromatic rings. The number of unbranched alkanes of at least 4 members (excludes halogenated alkanes) is 56. The summed E-state index contributed by atoms with van der Waals surface area (Å²) in [5.74, 6) is -0.0101. The van der Waals surface area contributed by atoms with Crippen molar-refractivity contribution in [1.29, 1.82) is 0 Å². The molecule has 454 valence electrons. The van der Waals surface area contributed by atoms with Crippen LogP contribution < -0.4 is 5.32 Å². The number of amides is 1. The normalized spacial score (nSPS) is 12.4. The molecule has 0 aliphatic carbocycles. The highest BCUT2D eigenvalue weighted by Gasteiger charge is 2.20. The molecule has 0 radical (unpaired) electrons. The third kappa shape index (κ3) is 62.1. The molecule has 0 rings (SSSR count). The van der Waals surface area contributed by atoms with Gasteiger partial charge in [0.1, 0.15) is 0 Å². The smallest absolute Gasteiger partial charge is 0.305 e. The lowest BCUT2D eigenvalue weighted by Gasteiger charge is -2.22. The first-order chi connectivity index (χ1) is 37.5. The minimum Gasteiger partial charge on any atom is -0.466 e. The zero-order valence-electron chi connectivity index (χ0n) is 52.0. The molecule has 0 aromatic carbocycles. The molecular formula is C70H139NO5. The SMILES string of the molecule is CCCCCCCCCCCCCCCCCCCCCCCC(O)C(CO)NC(=O)CCCCCCCCCCCCCCCCCCCCCCCCCOC(=O)CCCCCCCCCCCCCCCCC. The molecule has 2 atom stereocenters. The Labute approximate surface area is 476 Å². The summed E-state index contributed by atoms with van der Waals surface area (Å²) in [6, 6.07) is -0.541. The van der Waals surface area contributed by atoms with Gasteiger partial charge in [-0.25, -0.2) is 0 Å². The Morgan fingerprint density at radius 2 is 0.539 bits per heavy atom. The van der Waals surface area contributed by atoms with Gasteiger partial charge in [0.2, 0.25) is 5.91 Å². The molecular weight excluding hydrogens is 935 g/mol. The summed E-state index contributed by atoms with van der Waals surface area (Å²) < 4.78 is 5.50. The lowest BCUT2D eigenvalue weighted by Crippen LogP contribution is -2.45. The Hall–Kier alpha value is -1.14.